The lowest BCUT2D eigenvalue weighted by Crippen LogP contribution is -2.17. The number of halogens is 5. The zero-order chi connectivity index (χ0) is 17.2. The average Bonchev–Trinajstić information content (AvgIpc) is 2.46. The van der Waals surface area contributed by atoms with Gasteiger partial charge in [0.1, 0.15) is 26.4 Å². The number of methoxy groups -OCH3 is 1. The van der Waals surface area contributed by atoms with Crippen molar-refractivity contribution in [3.05, 3.63) is 27.4 Å². The number of hydrogen-bond acceptors (Lipinski definition) is 5. The molecule has 1 aromatic carbocycles. The van der Waals surface area contributed by atoms with Gasteiger partial charge in [-0.25, -0.2) is 9.97 Å². The van der Waals surface area contributed by atoms with Crippen molar-refractivity contribution in [3.63, 3.8) is 0 Å². The molecule has 0 spiro atoms. The number of hydrogen-bond donors (Lipinski definition) is 1. The summed E-state index contributed by atoms with van der Waals surface area (Å²) in [5.74, 6) is 0.264. The Hall–Kier alpha value is -1.55. The first-order valence-electron chi connectivity index (χ1n) is 6.10. The molecule has 124 valence electrons. The molecule has 1 N–H and O–H groups in total. The standard InChI is InChI=1S/C13H10Br2F3N3O2/c1-19-12-11(15)21-10(14)9(20-12)7-4-3-6(5-8(7)22-2)23-13(16,17)18/h3-5H,1-2H3,(H,19,20). The van der Waals surface area contributed by atoms with Crippen molar-refractivity contribution in [2.24, 2.45) is 0 Å². The van der Waals surface area contributed by atoms with Crippen molar-refractivity contribution in [1.29, 1.82) is 0 Å². The second kappa shape index (κ2) is 6.91. The molecule has 10 heteroatoms. The zero-order valence-electron chi connectivity index (χ0n) is 11.8. The quantitative estimate of drug-likeness (QED) is 0.727. The van der Waals surface area contributed by atoms with Gasteiger partial charge in [0.05, 0.1) is 7.11 Å². The highest BCUT2D eigenvalue weighted by Gasteiger charge is 2.31. The minimum Gasteiger partial charge on any atom is -0.496 e. The molecule has 2 aromatic rings. The highest BCUT2D eigenvalue weighted by atomic mass is 79.9. The van der Waals surface area contributed by atoms with E-state index >= 15 is 0 Å². The van der Waals surface area contributed by atoms with E-state index in [1.165, 1.54) is 19.2 Å². The fraction of sp³-hybridized carbons (Fsp3) is 0.231. The van der Waals surface area contributed by atoms with Crippen LogP contribution in [0.3, 0.4) is 0 Å². The van der Waals surface area contributed by atoms with Crippen LogP contribution >= 0.6 is 31.9 Å². The van der Waals surface area contributed by atoms with Crippen molar-refractivity contribution in [3.8, 4) is 22.8 Å². The van der Waals surface area contributed by atoms with Gasteiger partial charge in [-0.3, -0.25) is 0 Å². The van der Waals surface area contributed by atoms with Crippen LogP contribution in [0.5, 0.6) is 11.5 Å². The van der Waals surface area contributed by atoms with Gasteiger partial charge in [-0.2, -0.15) is 0 Å². The van der Waals surface area contributed by atoms with Gasteiger partial charge >= 0.3 is 6.36 Å². The molecule has 23 heavy (non-hydrogen) atoms. The number of nitrogens with one attached hydrogen (secondary N) is 1. The molecule has 0 amide bonds. The summed E-state index contributed by atoms with van der Waals surface area (Å²) in [6, 6.07) is 3.74. The van der Waals surface area contributed by atoms with Crippen molar-refractivity contribution in [2.45, 2.75) is 6.36 Å². The van der Waals surface area contributed by atoms with Crippen LogP contribution in [-0.4, -0.2) is 30.5 Å². The van der Waals surface area contributed by atoms with E-state index in [4.69, 9.17) is 4.74 Å². The molecule has 0 aliphatic rings. The lowest BCUT2D eigenvalue weighted by molar-refractivity contribution is -0.274. The largest absolute Gasteiger partial charge is 0.573 e. The van der Waals surface area contributed by atoms with Crippen molar-refractivity contribution in [2.75, 3.05) is 19.5 Å². The van der Waals surface area contributed by atoms with Crippen LogP contribution in [-0.2, 0) is 0 Å². The van der Waals surface area contributed by atoms with Gasteiger partial charge in [0.15, 0.2) is 5.82 Å². The molecule has 1 aromatic heterocycles. The molecule has 5 nitrogen and oxygen atoms in total. The lowest BCUT2D eigenvalue weighted by Gasteiger charge is -2.14. The zero-order valence-corrected chi connectivity index (χ0v) is 15.0. The Balaban J connectivity index is 2.52. The summed E-state index contributed by atoms with van der Waals surface area (Å²) in [6.07, 6.45) is -4.77. The first kappa shape index (κ1) is 17.8. The number of benzene rings is 1. The highest BCUT2D eigenvalue weighted by molar-refractivity contribution is 9.11. The normalized spacial score (nSPS) is 11.3. The van der Waals surface area contributed by atoms with E-state index in [0.717, 1.165) is 6.07 Å². The SMILES string of the molecule is CNc1nc(-c2ccc(OC(F)(F)F)cc2OC)c(Br)nc1Br. The van der Waals surface area contributed by atoms with Gasteiger partial charge in [-0.1, -0.05) is 0 Å². The molecule has 0 saturated heterocycles. The van der Waals surface area contributed by atoms with Crippen LogP contribution in [0.15, 0.2) is 27.4 Å². The van der Waals surface area contributed by atoms with Gasteiger partial charge < -0.3 is 14.8 Å². The van der Waals surface area contributed by atoms with Gasteiger partial charge in [-0.05, 0) is 44.0 Å². The summed E-state index contributed by atoms with van der Waals surface area (Å²) in [7, 11) is 3.01. The second-order valence-corrected chi connectivity index (χ2v) is 5.66. The summed E-state index contributed by atoms with van der Waals surface area (Å²) in [4.78, 5) is 8.58. The number of anilines is 1. The Morgan fingerprint density at radius 1 is 1.13 bits per heavy atom. The number of aromatic nitrogens is 2. The maximum atomic E-state index is 12.3. The van der Waals surface area contributed by atoms with Crippen LogP contribution in [0.25, 0.3) is 11.3 Å². The van der Waals surface area contributed by atoms with Crippen LogP contribution in [0, 0.1) is 0 Å². The Bertz CT molecular complexity index is 726. The summed E-state index contributed by atoms with van der Waals surface area (Å²) >= 11 is 6.53. The Morgan fingerprint density at radius 2 is 1.83 bits per heavy atom. The van der Waals surface area contributed by atoms with Crippen molar-refractivity contribution in [1.82, 2.24) is 9.97 Å². The molecule has 0 aliphatic heterocycles. The maximum Gasteiger partial charge on any atom is 0.573 e. The molecule has 0 bridgehead atoms. The lowest BCUT2D eigenvalue weighted by atomic mass is 10.1. The van der Waals surface area contributed by atoms with Gasteiger partial charge in [-0.15, -0.1) is 13.2 Å². The summed E-state index contributed by atoms with van der Waals surface area (Å²) < 4.78 is 46.8. The molecule has 0 aliphatic carbocycles. The topological polar surface area (TPSA) is 56.3 Å². The van der Waals surface area contributed by atoms with Crippen molar-refractivity contribution >= 4 is 37.7 Å². The molecule has 1 heterocycles. The summed E-state index contributed by atoms with van der Waals surface area (Å²) in [5.41, 5.74) is 0.873. The first-order chi connectivity index (χ1) is 10.7. The van der Waals surface area contributed by atoms with E-state index in [1.54, 1.807) is 7.05 Å². The molecular formula is C13H10Br2F3N3O2. The van der Waals surface area contributed by atoms with E-state index in [9.17, 15) is 13.2 Å². The number of alkyl halides is 3. The monoisotopic (exact) mass is 455 g/mol. The van der Waals surface area contributed by atoms with E-state index < -0.39 is 6.36 Å². The minimum atomic E-state index is -4.77. The predicted octanol–water partition coefficient (Wildman–Crippen LogP) is 4.62. The van der Waals surface area contributed by atoms with Gasteiger partial charge in [0.25, 0.3) is 0 Å². The third kappa shape index (κ3) is 4.25. The maximum absolute atomic E-state index is 12.3. The third-order valence-electron chi connectivity index (χ3n) is 2.71. The van der Waals surface area contributed by atoms with Crippen LogP contribution in [0.4, 0.5) is 19.0 Å². The van der Waals surface area contributed by atoms with E-state index in [1.807, 2.05) is 0 Å². The van der Waals surface area contributed by atoms with Crippen molar-refractivity contribution < 1.29 is 22.6 Å². The molecule has 2 rings (SSSR count). The molecular weight excluding hydrogens is 447 g/mol. The van der Waals surface area contributed by atoms with E-state index in [0.29, 0.717) is 26.3 Å². The molecule has 0 unspecified atom stereocenters. The number of ether oxygens (including phenoxy) is 2. The molecule has 0 saturated carbocycles. The first-order valence-corrected chi connectivity index (χ1v) is 7.68. The average molecular weight is 457 g/mol. The Kier molecular flexibility index (Phi) is 5.35. The third-order valence-corrected chi connectivity index (χ3v) is 3.82. The summed E-state index contributed by atoms with van der Waals surface area (Å²) in [6.45, 7) is 0. The Morgan fingerprint density at radius 3 is 2.39 bits per heavy atom. The van der Waals surface area contributed by atoms with E-state index in [-0.39, 0.29) is 11.5 Å². The fourth-order valence-electron chi connectivity index (χ4n) is 1.79. The molecule has 0 atom stereocenters. The smallest absolute Gasteiger partial charge is 0.496 e. The fourth-order valence-corrected chi connectivity index (χ4v) is 2.97. The van der Waals surface area contributed by atoms with Crippen LogP contribution < -0.4 is 14.8 Å². The number of rotatable bonds is 4. The molecule has 0 radical (unpaired) electrons. The van der Waals surface area contributed by atoms with Gasteiger partial charge in [0, 0.05) is 18.7 Å². The second-order valence-electron chi connectivity index (χ2n) is 4.16. The Labute approximate surface area is 146 Å². The number of nitrogens with zero attached hydrogens (tertiary/aromatic N) is 2. The van der Waals surface area contributed by atoms with Crippen LogP contribution in [0.1, 0.15) is 0 Å². The van der Waals surface area contributed by atoms with Crippen LogP contribution in [0.2, 0.25) is 0 Å². The van der Waals surface area contributed by atoms with Gasteiger partial charge in [0.2, 0.25) is 0 Å². The summed E-state index contributed by atoms with van der Waals surface area (Å²) in [5, 5.41) is 2.86. The minimum absolute atomic E-state index is 0.172. The highest BCUT2D eigenvalue weighted by Crippen LogP contribution is 2.38. The van der Waals surface area contributed by atoms with E-state index in [2.05, 4.69) is 51.9 Å². The molecule has 0 fully saturated rings. The predicted molar refractivity (Wildman–Crippen MR) is 85.6 cm³/mol.